The molecule has 7 nitrogen and oxygen atoms in total. The number of nitroso groups, excluding NO2 is 1. The third-order valence-electron chi connectivity index (χ3n) is 5.07. The van der Waals surface area contributed by atoms with Gasteiger partial charge in [-0.15, -0.1) is 4.91 Å². The smallest absolute Gasteiger partial charge is 0.204 e. The van der Waals surface area contributed by atoms with Crippen LogP contribution in [-0.2, 0) is 12.8 Å². The fraction of sp³-hybridized carbons (Fsp3) is 0.292. The van der Waals surface area contributed by atoms with Crippen LogP contribution in [0.1, 0.15) is 38.8 Å². The second-order valence-corrected chi connectivity index (χ2v) is 7.87. The molecule has 0 amide bonds. The predicted octanol–water partition coefficient (Wildman–Crippen LogP) is 5.78. The summed E-state index contributed by atoms with van der Waals surface area (Å²) >= 11 is 0. The van der Waals surface area contributed by atoms with E-state index in [1.54, 1.807) is 0 Å². The van der Waals surface area contributed by atoms with Gasteiger partial charge in [0, 0.05) is 23.3 Å². The molecule has 0 fully saturated rings. The maximum absolute atomic E-state index is 13.5. The van der Waals surface area contributed by atoms with Crippen molar-refractivity contribution in [3.63, 3.8) is 0 Å². The SMILES string of the molecule is COc1c(N=O)cc2oc3cc(O)c(CC=C(C)C)c(O)c3c(=O)c2c1CC=C(C)C. The van der Waals surface area contributed by atoms with Crippen LogP contribution in [0, 0.1) is 4.91 Å². The highest BCUT2D eigenvalue weighted by molar-refractivity contribution is 5.98. The molecule has 0 bridgehead atoms. The van der Waals surface area contributed by atoms with Crippen molar-refractivity contribution in [2.24, 2.45) is 5.18 Å². The Labute approximate surface area is 179 Å². The van der Waals surface area contributed by atoms with Crippen LogP contribution >= 0.6 is 0 Å². The lowest BCUT2D eigenvalue weighted by atomic mass is 9.98. The number of hydrogen-bond donors (Lipinski definition) is 2. The number of methoxy groups -OCH3 is 1. The number of nitrogens with zero attached hydrogens (tertiary/aromatic N) is 1. The van der Waals surface area contributed by atoms with Gasteiger partial charge in [-0.3, -0.25) is 4.79 Å². The summed E-state index contributed by atoms with van der Waals surface area (Å²) in [7, 11) is 1.40. The van der Waals surface area contributed by atoms with Crippen LogP contribution in [0.25, 0.3) is 21.9 Å². The lowest BCUT2D eigenvalue weighted by molar-refractivity contribution is 0.412. The van der Waals surface area contributed by atoms with Crippen molar-refractivity contribution >= 4 is 27.6 Å². The third kappa shape index (κ3) is 4.03. The summed E-state index contributed by atoms with van der Waals surface area (Å²) in [6, 6.07) is 2.64. The van der Waals surface area contributed by atoms with Gasteiger partial charge in [0.05, 0.1) is 12.5 Å². The summed E-state index contributed by atoms with van der Waals surface area (Å²) in [6.45, 7) is 7.63. The highest BCUT2D eigenvalue weighted by Gasteiger charge is 2.23. The Kier molecular flexibility index (Phi) is 6.15. The van der Waals surface area contributed by atoms with E-state index in [2.05, 4.69) is 5.18 Å². The quantitative estimate of drug-likeness (QED) is 0.295. The van der Waals surface area contributed by atoms with E-state index in [4.69, 9.17) is 9.15 Å². The van der Waals surface area contributed by atoms with Crippen LogP contribution in [0.2, 0.25) is 0 Å². The first kappa shape index (κ1) is 22.1. The number of allylic oxidation sites excluding steroid dienone is 4. The van der Waals surface area contributed by atoms with Crippen molar-refractivity contribution in [1.82, 2.24) is 0 Å². The molecule has 0 spiro atoms. The molecule has 162 valence electrons. The van der Waals surface area contributed by atoms with E-state index in [-0.39, 0.29) is 56.9 Å². The van der Waals surface area contributed by atoms with E-state index in [1.807, 2.05) is 39.8 Å². The molecule has 0 aliphatic rings. The lowest BCUT2D eigenvalue weighted by Gasteiger charge is -2.14. The summed E-state index contributed by atoms with van der Waals surface area (Å²) in [5.41, 5.74) is 2.38. The average Bonchev–Trinajstić information content (AvgIpc) is 2.70. The van der Waals surface area contributed by atoms with Crippen LogP contribution in [0.4, 0.5) is 5.69 Å². The van der Waals surface area contributed by atoms with E-state index >= 15 is 0 Å². The number of phenolic OH excluding ortho intramolecular Hbond substituents is 2. The van der Waals surface area contributed by atoms with Crippen molar-refractivity contribution in [2.45, 2.75) is 40.5 Å². The van der Waals surface area contributed by atoms with Gasteiger partial charge in [0.15, 0.2) is 11.4 Å². The van der Waals surface area contributed by atoms with Crippen LogP contribution in [0.3, 0.4) is 0 Å². The molecule has 3 rings (SSSR count). The van der Waals surface area contributed by atoms with Crippen LogP contribution in [0.15, 0.2) is 49.8 Å². The molecule has 2 N–H and O–H groups in total. The molecule has 31 heavy (non-hydrogen) atoms. The largest absolute Gasteiger partial charge is 0.507 e. The van der Waals surface area contributed by atoms with Crippen molar-refractivity contribution < 1.29 is 19.4 Å². The second-order valence-electron chi connectivity index (χ2n) is 7.87. The topological polar surface area (TPSA) is 109 Å². The van der Waals surface area contributed by atoms with Crippen LogP contribution in [-0.4, -0.2) is 17.3 Å². The molecule has 7 heteroatoms. The number of rotatable bonds is 6. The molecule has 3 aromatic rings. The Morgan fingerprint density at radius 2 is 1.58 bits per heavy atom. The molecule has 1 aromatic heterocycles. The van der Waals surface area contributed by atoms with Gasteiger partial charge in [0.25, 0.3) is 0 Å². The van der Waals surface area contributed by atoms with Gasteiger partial charge < -0.3 is 19.4 Å². The first-order valence-electron chi connectivity index (χ1n) is 9.83. The lowest BCUT2D eigenvalue weighted by Crippen LogP contribution is -2.08. The van der Waals surface area contributed by atoms with Gasteiger partial charge in [-0.05, 0) is 45.7 Å². The minimum absolute atomic E-state index is 0.00304. The van der Waals surface area contributed by atoms with Crippen molar-refractivity contribution in [2.75, 3.05) is 7.11 Å². The van der Waals surface area contributed by atoms with E-state index < -0.39 is 5.43 Å². The summed E-state index contributed by atoms with van der Waals surface area (Å²) in [6.07, 6.45) is 4.31. The maximum atomic E-state index is 13.5. The summed E-state index contributed by atoms with van der Waals surface area (Å²) in [4.78, 5) is 24.9. The van der Waals surface area contributed by atoms with E-state index in [0.29, 0.717) is 12.0 Å². The minimum atomic E-state index is -0.472. The number of aromatic hydroxyl groups is 2. The Hall–Kier alpha value is -3.61. The fourth-order valence-electron chi connectivity index (χ4n) is 3.53. The van der Waals surface area contributed by atoms with Gasteiger partial charge in [-0.1, -0.05) is 23.3 Å². The Bertz CT molecular complexity index is 1310. The number of fused-ring (bicyclic) bond motifs is 2. The monoisotopic (exact) mass is 423 g/mol. The molecular weight excluding hydrogens is 398 g/mol. The standard InChI is InChI=1S/C24H25NO6/c1-12(2)6-8-14-17(26)11-19-21(22(14)27)23(28)20-15(9-7-13(3)4)24(30-5)16(25-29)10-18(20)31-19/h6-7,10-11,26-27H,8-9H2,1-5H3. The summed E-state index contributed by atoms with van der Waals surface area (Å²) < 4.78 is 11.2. The van der Waals surface area contributed by atoms with Gasteiger partial charge in [0.2, 0.25) is 5.43 Å². The average molecular weight is 423 g/mol. The highest BCUT2D eigenvalue weighted by atomic mass is 16.5. The number of ether oxygens (including phenoxy) is 1. The van der Waals surface area contributed by atoms with E-state index in [1.165, 1.54) is 19.2 Å². The Morgan fingerprint density at radius 1 is 1.00 bits per heavy atom. The van der Waals surface area contributed by atoms with Crippen molar-refractivity contribution in [3.8, 4) is 17.2 Å². The van der Waals surface area contributed by atoms with Gasteiger partial charge >= 0.3 is 0 Å². The summed E-state index contributed by atoms with van der Waals surface area (Å²) in [5.74, 6) is -0.320. The fourth-order valence-corrected chi connectivity index (χ4v) is 3.53. The van der Waals surface area contributed by atoms with Crippen molar-refractivity contribution in [1.29, 1.82) is 0 Å². The molecule has 0 saturated heterocycles. The first-order chi connectivity index (χ1) is 14.7. The number of benzene rings is 2. The highest BCUT2D eigenvalue weighted by Crippen LogP contribution is 2.41. The zero-order chi connectivity index (χ0) is 22.9. The third-order valence-corrected chi connectivity index (χ3v) is 5.07. The molecule has 0 radical (unpaired) electrons. The molecular formula is C24H25NO6. The number of hydrogen-bond acceptors (Lipinski definition) is 7. The minimum Gasteiger partial charge on any atom is -0.507 e. The molecule has 0 saturated carbocycles. The maximum Gasteiger partial charge on any atom is 0.204 e. The van der Waals surface area contributed by atoms with Gasteiger partial charge in [-0.2, -0.15) is 0 Å². The molecule has 0 aliphatic carbocycles. The van der Waals surface area contributed by atoms with E-state index in [9.17, 15) is 19.9 Å². The zero-order valence-corrected chi connectivity index (χ0v) is 18.2. The van der Waals surface area contributed by atoms with Crippen molar-refractivity contribution in [3.05, 3.63) is 61.7 Å². The van der Waals surface area contributed by atoms with Gasteiger partial charge in [-0.25, -0.2) is 0 Å². The Balaban J connectivity index is 2.48. The molecule has 0 atom stereocenters. The van der Waals surface area contributed by atoms with Gasteiger partial charge in [0.1, 0.15) is 28.1 Å². The molecule has 0 aliphatic heterocycles. The molecule has 1 heterocycles. The predicted molar refractivity (Wildman–Crippen MR) is 122 cm³/mol. The second kappa shape index (κ2) is 8.63. The summed E-state index contributed by atoms with van der Waals surface area (Å²) in [5, 5.41) is 24.4. The molecule has 2 aromatic carbocycles. The normalized spacial score (nSPS) is 10.9. The first-order valence-corrected chi connectivity index (χ1v) is 9.83. The zero-order valence-electron chi connectivity index (χ0n) is 18.2. The van der Waals surface area contributed by atoms with Crippen LogP contribution < -0.4 is 10.2 Å². The Morgan fingerprint density at radius 3 is 2.13 bits per heavy atom. The van der Waals surface area contributed by atoms with Crippen LogP contribution in [0.5, 0.6) is 17.2 Å². The molecule has 0 unspecified atom stereocenters. The van der Waals surface area contributed by atoms with E-state index in [0.717, 1.165) is 11.1 Å². The number of phenols is 2.